The number of carbonyl (C=O) groups is 1. The number of aromatic nitrogens is 3. The fourth-order valence-corrected chi connectivity index (χ4v) is 5.07. The number of carbonyl (C=O) groups excluding carboxylic acids is 1. The summed E-state index contributed by atoms with van der Waals surface area (Å²) in [5.41, 5.74) is 1.45. The highest BCUT2D eigenvalue weighted by molar-refractivity contribution is 6.30. The zero-order chi connectivity index (χ0) is 21.6. The molecule has 2 aliphatic rings. The maximum Gasteiger partial charge on any atom is 0.351 e. The van der Waals surface area contributed by atoms with Crippen LogP contribution in [0.15, 0.2) is 29.1 Å². The summed E-state index contributed by atoms with van der Waals surface area (Å²) in [5.74, 6) is 1.41. The van der Waals surface area contributed by atoms with Crippen LogP contribution in [0.25, 0.3) is 11.1 Å². The Bertz CT molecular complexity index is 1060. The summed E-state index contributed by atoms with van der Waals surface area (Å²) in [6, 6.07) is 7.22. The van der Waals surface area contributed by atoms with Crippen LogP contribution in [0.3, 0.4) is 0 Å². The van der Waals surface area contributed by atoms with Gasteiger partial charge >= 0.3 is 11.7 Å². The first kappa shape index (κ1) is 20.8. The molecule has 158 valence electrons. The number of fused-ring (bicyclic) bond motifs is 1. The SMILES string of the molecule is Cc1nc2n(c(=O)n1)CC(c1ccc(Cl)cc1)=C2C(=O)OC1C(C)CC(C)CC1C. The number of benzene rings is 1. The van der Waals surface area contributed by atoms with E-state index in [9.17, 15) is 9.59 Å². The first-order chi connectivity index (χ1) is 14.2. The summed E-state index contributed by atoms with van der Waals surface area (Å²) in [7, 11) is 0. The van der Waals surface area contributed by atoms with E-state index in [1.54, 1.807) is 19.1 Å². The van der Waals surface area contributed by atoms with Gasteiger partial charge in [0.1, 0.15) is 17.5 Å². The lowest BCUT2D eigenvalue weighted by atomic mass is 9.75. The van der Waals surface area contributed by atoms with Crippen molar-refractivity contribution >= 4 is 28.7 Å². The minimum Gasteiger partial charge on any atom is -0.458 e. The highest BCUT2D eigenvalue weighted by Crippen LogP contribution is 2.38. The maximum absolute atomic E-state index is 13.4. The van der Waals surface area contributed by atoms with Crippen molar-refractivity contribution in [2.45, 2.75) is 53.2 Å². The number of allylic oxidation sites excluding steroid dienone is 1. The van der Waals surface area contributed by atoms with Gasteiger partial charge < -0.3 is 4.74 Å². The third-order valence-corrected chi connectivity index (χ3v) is 6.42. The Morgan fingerprint density at radius 1 is 1.10 bits per heavy atom. The number of halogens is 1. The number of hydrogen-bond donors (Lipinski definition) is 0. The van der Waals surface area contributed by atoms with Gasteiger partial charge in [-0.2, -0.15) is 4.98 Å². The maximum atomic E-state index is 13.4. The van der Waals surface area contributed by atoms with Crippen molar-refractivity contribution in [3.8, 4) is 0 Å². The molecule has 2 atom stereocenters. The van der Waals surface area contributed by atoms with E-state index in [-0.39, 0.29) is 24.5 Å². The Hall–Kier alpha value is -2.47. The lowest BCUT2D eigenvalue weighted by molar-refractivity contribution is -0.150. The Morgan fingerprint density at radius 3 is 2.37 bits per heavy atom. The van der Waals surface area contributed by atoms with Crippen LogP contribution in [0.4, 0.5) is 0 Å². The third-order valence-electron chi connectivity index (χ3n) is 6.16. The van der Waals surface area contributed by atoms with Crippen molar-refractivity contribution in [3.63, 3.8) is 0 Å². The molecule has 1 fully saturated rings. The second-order valence-electron chi connectivity index (χ2n) is 8.72. The number of esters is 1. The van der Waals surface area contributed by atoms with Gasteiger partial charge in [-0.1, -0.05) is 44.5 Å². The van der Waals surface area contributed by atoms with E-state index >= 15 is 0 Å². The van der Waals surface area contributed by atoms with Crippen LogP contribution in [0, 0.1) is 24.7 Å². The van der Waals surface area contributed by atoms with Crippen LogP contribution in [-0.2, 0) is 16.1 Å². The van der Waals surface area contributed by atoms with Crippen molar-refractivity contribution in [1.29, 1.82) is 0 Å². The Morgan fingerprint density at radius 2 is 1.73 bits per heavy atom. The average molecular weight is 428 g/mol. The van der Waals surface area contributed by atoms with Crippen LogP contribution >= 0.6 is 11.6 Å². The monoisotopic (exact) mass is 427 g/mol. The summed E-state index contributed by atoms with van der Waals surface area (Å²) >= 11 is 6.04. The van der Waals surface area contributed by atoms with Gasteiger partial charge in [-0.25, -0.2) is 14.6 Å². The van der Waals surface area contributed by atoms with Gasteiger partial charge in [-0.3, -0.25) is 4.57 Å². The lowest BCUT2D eigenvalue weighted by Crippen LogP contribution is -2.37. The van der Waals surface area contributed by atoms with E-state index in [0.29, 0.717) is 33.7 Å². The minimum atomic E-state index is -0.429. The molecular weight excluding hydrogens is 402 g/mol. The van der Waals surface area contributed by atoms with Crippen LogP contribution in [0.2, 0.25) is 5.02 Å². The van der Waals surface area contributed by atoms with Crippen molar-refractivity contribution < 1.29 is 9.53 Å². The molecule has 1 aliphatic carbocycles. The number of hydrogen-bond acceptors (Lipinski definition) is 5. The number of aryl methyl sites for hydroxylation is 1. The summed E-state index contributed by atoms with van der Waals surface area (Å²) in [6.45, 7) is 8.40. The molecule has 1 aromatic carbocycles. The van der Waals surface area contributed by atoms with Gasteiger partial charge in [0.2, 0.25) is 0 Å². The molecule has 1 saturated carbocycles. The van der Waals surface area contributed by atoms with Crippen LogP contribution in [0.1, 0.15) is 50.8 Å². The van der Waals surface area contributed by atoms with Gasteiger partial charge in [0.15, 0.2) is 5.82 Å². The van der Waals surface area contributed by atoms with Crippen LogP contribution in [0.5, 0.6) is 0 Å². The molecule has 2 aromatic rings. The average Bonchev–Trinajstić information content (AvgIpc) is 3.05. The molecule has 1 aliphatic heterocycles. The second kappa shape index (κ2) is 7.99. The second-order valence-corrected chi connectivity index (χ2v) is 9.16. The Balaban J connectivity index is 1.76. The normalized spacial score (nSPS) is 25.9. The van der Waals surface area contributed by atoms with Crippen LogP contribution < -0.4 is 5.69 Å². The number of ether oxygens (including phenoxy) is 1. The van der Waals surface area contributed by atoms with Gasteiger partial charge in [0, 0.05) is 5.02 Å². The summed E-state index contributed by atoms with van der Waals surface area (Å²) in [6.07, 6.45) is 1.90. The standard InChI is InChI=1S/C23H26ClN3O3/c1-12-9-13(2)20(14(3)10-12)30-22(28)19-18(16-5-7-17(24)8-6-16)11-27-21(19)25-15(4)26-23(27)29/h5-8,12-14,20H,9-11H2,1-4H3. The molecule has 2 heterocycles. The highest BCUT2D eigenvalue weighted by atomic mass is 35.5. The van der Waals surface area contributed by atoms with Crippen LogP contribution in [-0.4, -0.2) is 26.6 Å². The zero-order valence-corrected chi connectivity index (χ0v) is 18.4. The molecule has 0 bridgehead atoms. The van der Waals surface area contributed by atoms with Crippen molar-refractivity contribution in [1.82, 2.24) is 14.5 Å². The fourth-order valence-electron chi connectivity index (χ4n) is 4.94. The molecule has 0 radical (unpaired) electrons. The van der Waals surface area contributed by atoms with E-state index in [0.717, 1.165) is 18.4 Å². The predicted molar refractivity (Wildman–Crippen MR) is 116 cm³/mol. The molecule has 7 heteroatoms. The molecule has 0 N–H and O–H groups in total. The van der Waals surface area contributed by atoms with Crippen molar-refractivity contribution in [3.05, 3.63) is 57.0 Å². The summed E-state index contributed by atoms with van der Waals surface area (Å²) in [5, 5.41) is 0.603. The zero-order valence-electron chi connectivity index (χ0n) is 17.7. The third kappa shape index (κ3) is 3.81. The predicted octanol–water partition coefficient (Wildman–Crippen LogP) is 4.14. The smallest absolute Gasteiger partial charge is 0.351 e. The Labute approximate surface area is 181 Å². The molecule has 0 amide bonds. The van der Waals surface area contributed by atoms with E-state index in [2.05, 4.69) is 30.7 Å². The number of rotatable bonds is 3. The fraction of sp³-hybridized carbons (Fsp3) is 0.478. The van der Waals surface area contributed by atoms with Gasteiger partial charge in [-0.05, 0) is 60.8 Å². The largest absolute Gasteiger partial charge is 0.458 e. The molecule has 2 unspecified atom stereocenters. The number of nitrogens with zero attached hydrogens (tertiary/aromatic N) is 3. The first-order valence-corrected chi connectivity index (χ1v) is 10.8. The van der Waals surface area contributed by atoms with E-state index in [4.69, 9.17) is 16.3 Å². The topological polar surface area (TPSA) is 74.1 Å². The van der Waals surface area contributed by atoms with E-state index in [1.807, 2.05) is 12.1 Å². The minimum absolute atomic E-state index is 0.156. The van der Waals surface area contributed by atoms with Gasteiger partial charge in [-0.15, -0.1) is 0 Å². The Kier molecular flexibility index (Phi) is 5.53. The molecular formula is C23H26ClN3O3. The van der Waals surface area contributed by atoms with Gasteiger partial charge in [0.05, 0.1) is 6.54 Å². The van der Waals surface area contributed by atoms with Crippen molar-refractivity contribution in [2.24, 2.45) is 17.8 Å². The molecule has 0 saturated heterocycles. The quantitative estimate of drug-likeness (QED) is 0.688. The molecule has 4 rings (SSSR count). The van der Waals surface area contributed by atoms with Gasteiger partial charge in [0.25, 0.3) is 0 Å². The molecule has 6 nitrogen and oxygen atoms in total. The van der Waals surface area contributed by atoms with E-state index < -0.39 is 11.7 Å². The van der Waals surface area contributed by atoms with E-state index in [1.165, 1.54) is 4.57 Å². The summed E-state index contributed by atoms with van der Waals surface area (Å²) < 4.78 is 7.50. The summed E-state index contributed by atoms with van der Waals surface area (Å²) in [4.78, 5) is 34.3. The molecule has 0 spiro atoms. The molecule has 30 heavy (non-hydrogen) atoms. The molecule has 1 aromatic heterocycles. The highest BCUT2D eigenvalue weighted by Gasteiger charge is 2.38. The first-order valence-electron chi connectivity index (χ1n) is 10.4. The lowest BCUT2D eigenvalue weighted by Gasteiger charge is -2.37. The van der Waals surface area contributed by atoms with Crippen molar-refractivity contribution in [2.75, 3.05) is 0 Å².